The molecule has 2 amide bonds. The molecule has 0 radical (unpaired) electrons. The van der Waals surface area contributed by atoms with Crippen LogP contribution in [0.3, 0.4) is 0 Å². The number of nitrogens with one attached hydrogen (secondary N) is 1. The van der Waals surface area contributed by atoms with E-state index < -0.39 is 0 Å². The van der Waals surface area contributed by atoms with Gasteiger partial charge in [0.2, 0.25) is 0 Å². The number of pyridine rings is 1. The van der Waals surface area contributed by atoms with Crippen molar-refractivity contribution in [3.63, 3.8) is 0 Å². The summed E-state index contributed by atoms with van der Waals surface area (Å²) < 4.78 is 1.85. The van der Waals surface area contributed by atoms with E-state index in [1.165, 1.54) is 0 Å². The number of rotatable bonds is 4. The van der Waals surface area contributed by atoms with Crippen LogP contribution < -0.4 is 5.32 Å². The van der Waals surface area contributed by atoms with Gasteiger partial charge in [-0.3, -0.25) is 4.90 Å². The van der Waals surface area contributed by atoms with Crippen LogP contribution in [0.15, 0.2) is 24.5 Å². The van der Waals surface area contributed by atoms with Crippen molar-refractivity contribution in [1.82, 2.24) is 24.5 Å². The van der Waals surface area contributed by atoms with E-state index in [4.69, 9.17) is 11.6 Å². The number of aliphatic hydroxyl groups excluding tert-OH is 1. The number of imidazole rings is 1. The van der Waals surface area contributed by atoms with Gasteiger partial charge in [0.05, 0.1) is 23.4 Å². The monoisotopic (exact) mass is 365 g/mol. The fourth-order valence-corrected chi connectivity index (χ4v) is 3.34. The van der Waals surface area contributed by atoms with Gasteiger partial charge in [-0.2, -0.15) is 0 Å². The molecule has 0 bridgehead atoms. The van der Waals surface area contributed by atoms with E-state index in [1.807, 2.05) is 21.6 Å². The van der Waals surface area contributed by atoms with Gasteiger partial charge in [0, 0.05) is 44.6 Å². The van der Waals surface area contributed by atoms with Crippen LogP contribution >= 0.6 is 11.6 Å². The highest BCUT2D eigenvalue weighted by Gasteiger charge is 2.27. The second kappa shape index (κ2) is 7.59. The van der Waals surface area contributed by atoms with Crippen LogP contribution in [0.1, 0.15) is 19.5 Å². The van der Waals surface area contributed by atoms with Crippen LogP contribution in [0.4, 0.5) is 4.79 Å². The molecule has 3 heterocycles. The Balaban J connectivity index is 1.53. The number of β-amino-alcohol motifs (C(OH)–C–C–N with tert-alkyl or cyclic N) is 1. The van der Waals surface area contributed by atoms with E-state index in [2.05, 4.69) is 22.1 Å². The maximum Gasteiger partial charge on any atom is 0.317 e. The Morgan fingerprint density at radius 1 is 1.44 bits per heavy atom. The summed E-state index contributed by atoms with van der Waals surface area (Å²) >= 11 is 5.97. The van der Waals surface area contributed by atoms with Gasteiger partial charge in [-0.25, -0.2) is 9.78 Å². The second-order valence-corrected chi connectivity index (χ2v) is 7.08. The fourth-order valence-electron chi connectivity index (χ4n) is 3.17. The first-order valence-electron chi connectivity index (χ1n) is 8.50. The maximum atomic E-state index is 12.4. The van der Waals surface area contributed by atoms with Crippen LogP contribution in [-0.2, 0) is 6.54 Å². The summed E-state index contributed by atoms with van der Waals surface area (Å²) in [6.07, 6.45) is 3.30. The molecule has 7 nitrogen and oxygen atoms in total. The second-order valence-electron chi connectivity index (χ2n) is 6.64. The number of amides is 2. The molecule has 0 aromatic carbocycles. The van der Waals surface area contributed by atoms with Gasteiger partial charge in [-0.05, 0) is 26.0 Å². The molecule has 3 rings (SSSR count). The molecular weight excluding hydrogens is 342 g/mol. The molecule has 0 unspecified atom stereocenters. The number of halogens is 1. The average Bonchev–Trinajstić information content (AvgIpc) is 2.96. The molecule has 2 aromatic heterocycles. The fraction of sp³-hybridized carbons (Fsp3) is 0.529. The summed E-state index contributed by atoms with van der Waals surface area (Å²) in [6, 6.07) is 3.78. The van der Waals surface area contributed by atoms with Gasteiger partial charge in [0.15, 0.2) is 0 Å². The minimum Gasteiger partial charge on any atom is -0.392 e. The molecule has 0 spiro atoms. The predicted molar refractivity (Wildman–Crippen MR) is 96.7 cm³/mol. The SMILES string of the molecule is C[C@H](O)CN1CCN(C(=O)NCc2cn3cc(Cl)ccc3n2)C[C@H]1C. The minimum atomic E-state index is -0.355. The van der Waals surface area contributed by atoms with Crippen molar-refractivity contribution in [2.75, 3.05) is 26.2 Å². The number of carbonyl (C=O) groups is 1. The van der Waals surface area contributed by atoms with Crippen LogP contribution in [0, 0.1) is 0 Å². The number of aromatic nitrogens is 2. The van der Waals surface area contributed by atoms with Gasteiger partial charge in [-0.15, -0.1) is 0 Å². The van der Waals surface area contributed by atoms with Crippen LogP contribution in [0.2, 0.25) is 5.02 Å². The van der Waals surface area contributed by atoms with Crippen molar-refractivity contribution in [3.8, 4) is 0 Å². The van der Waals surface area contributed by atoms with E-state index in [0.717, 1.165) is 17.9 Å². The third kappa shape index (κ3) is 4.42. The van der Waals surface area contributed by atoms with Crippen molar-refractivity contribution in [2.24, 2.45) is 0 Å². The third-order valence-corrected chi connectivity index (χ3v) is 4.66. The van der Waals surface area contributed by atoms with Crippen LogP contribution in [0.25, 0.3) is 5.65 Å². The normalized spacial score (nSPS) is 20.0. The molecule has 25 heavy (non-hydrogen) atoms. The van der Waals surface area contributed by atoms with Crippen LogP contribution in [-0.4, -0.2) is 68.6 Å². The van der Waals surface area contributed by atoms with Crippen molar-refractivity contribution < 1.29 is 9.90 Å². The zero-order chi connectivity index (χ0) is 18.0. The molecule has 1 saturated heterocycles. The lowest BCUT2D eigenvalue weighted by Crippen LogP contribution is -2.56. The van der Waals surface area contributed by atoms with E-state index in [1.54, 1.807) is 19.2 Å². The van der Waals surface area contributed by atoms with Gasteiger partial charge in [0.25, 0.3) is 0 Å². The van der Waals surface area contributed by atoms with E-state index in [-0.39, 0.29) is 18.2 Å². The van der Waals surface area contributed by atoms with Crippen molar-refractivity contribution in [1.29, 1.82) is 0 Å². The molecule has 0 saturated carbocycles. The van der Waals surface area contributed by atoms with E-state index >= 15 is 0 Å². The Morgan fingerprint density at radius 3 is 2.96 bits per heavy atom. The number of carbonyl (C=O) groups excluding carboxylic acids is 1. The summed E-state index contributed by atoms with van der Waals surface area (Å²) in [5.74, 6) is 0. The molecule has 2 aromatic rings. The molecule has 136 valence electrons. The number of fused-ring (bicyclic) bond motifs is 1. The predicted octanol–water partition coefficient (Wildman–Crippen LogP) is 1.58. The molecule has 0 aliphatic carbocycles. The first-order chi connectivity index (χ1) is 11.9. The molecule has 1 fully saturated rings. The Hall–Kier alpha value is -1.83. The minimum absolute atomic E-state index is 0.0846. The summed E-state index contributed by atoms with van der Waals surface area (Å²) in [7, 11) is 0. The number of piperazine rings is 1. The Kier molecular flexibility index (Phi) is 5.46. The first kappa shape index (κ1) is 18.0. The molecule has 8 heteroatoms. The topological polar surface area (TPSA) is 73.1 Å². The Bertz CT molecular complexity index is 748. The largest absolute Gasteiger partial charge is 0.392 e. The van der Waals surface area contributed by atoms with Crippen molar-refractivity contribution in [2.45, 2.75) is 32.5 Å². The number of nitrogens with zero attached hydrogens (tertiary/aromatic N) is 4. The van der Waals surface area contributed by atoms with E-state index in [0.29, 0.717) is 31.2 Å². The van der Waals surface area contributed by atoms with Crippen LogP contribution in [0.5, 0.6) is 0 Å². The molecule has 1 aliphatic heterocycles. The summed E-state index contributed by atoms with van der Waals surface area (Å²) in [5.41, 5.74) is 1.59. The zero-order valence-corrected chi connectivity index (χ0v) is 15.3. The van der Waals surface area contributed by atoms with Gasteiger partial charge in [-0.1, -0.05) is 11.6 Å². The number of urea groups is 1. The lowest BCUT2D eigenvalue weighted by Gasteiger charge is -2.40. The number of hydrogen-bond acceptors (Lipinski definition) is 4. The lowest BCUT2D eigenvalue weighted by atomic mass is 10.2. The zero-order valence-electron chi connectivity index (χ0n) is 14.5. The highest BCUT2D eigenvalue weighted by molar-refractivity contribution is 6.30. The summed E-state index contributed by atoms with van der Waals surface area (Å²) in [5, 5.41) is 13.1. The van der Waals surface area contributed by atoms with Crippen molar-refractivity contribution >= 4 is 23.3 Å². The smallest absolute Gasteiger partial charge is 0.317 e. The standard InChI is InChI=1S/C17H24ClN5O2/c1-12-8-22(6-5-21(12)9-13(2)24)17(25)19-7-15-11-23-10-14(18)3-4-16(23)20-15/h3-4,10-13,24H,5-9H2,1-2H3,(H,19,25)/t12-,13+/m1/s1. The first-order valence-corrected chi connectivity index (χ1v) is 8.88. The average molecular weight is 366 g/mol. The Morgan fingerprint density at radius 2 is 2.24 bits per heavy atom. The molecule has 1 aliphatic rings. The van der Waals surface area contributed by atoms with Crippen molar-refractivity contribution in [3.05, 3.63) is 35.2 Å². The molecule has 2 atom stereocenters. The third-order valence-electron chi connectivity index (χ3n) is 4.44. The molecule has 2 N–H and O–H groups in total. The quantitative estimate of drug-likeness (QED) is 0.862. The highest BCUT2D eigenvalue weighted by atomic mass is 35.5. The highest BCUT2D eigenvalue weighted by Crippen LogP contribution is 2.13. The van der Waals surface area contributed by atoms with E-state index in [9.17, 15) is 9.90 Å². The van der Waals surface area contributed by atoms with Gasteiger partial charge < -0.3 is 19.7 Å². The summed E-state index contributed by atoms with van der Waals surface area (Å²) in [4.78, 5) is 20.9. The summed E-state index contributed by atoms with van der Waals surface area (Å²) in [6.45, 7) is 6.96. The Labute approximate surface area is 152 Å². The lowest BCUT2D eigenvalue weighted by molar-refractivity contribution is 0.0566. The number of hydrogen-bond donors (Lipinski definition) is 2. The van der Waals surface area contributed by atoms with Gasteiger partial charge >= 0.3 is 6.03 Å². The van der Waals surface area contributed by atoms with Gasteiger partial charge in [0.1, 0.15) is 5.65 Å². The number of aliphatic hydroxyl groups is 1. The maximum absolute atomic E-state index is 12.4. The molecular formula is C17H24ClN5O2.